The van der Waals surface area contributed by atoms with Gasteiger partial charge in [-0.1, -0.05) is 19.8 Å². The Morgan fingerprint density at radius 1 is 1.21 bits per heavy atom. The Hall–Kier alpha value is -0.530. The first kappa shape index (κ1) is 11.5. The molecule has 1 N–H and O–H groups in total. The average molecular weight is 197 g/mol. The zero-order chi connectivity index (χ0) is 10.8. The second-order valence-electron chi connectivity index (χ2n) is 5.61. The summed E-state index contributed by atoms with van der Waals surface area (Å²) in [6.07, 6.45) is 4.79. The topological polar surface area (TPSA) is 29.1 Å². The second-order valence-corrected chi connectivity index (χ2v) is 5.61. The van der Waals surface area contributed by atoms with Gasteiger partial charge in [-0.2, -0.15) is 0 Å². The summed E-state index contributed by atoms with van der Waals surface area (Å²) >= 11 is 0. The Morgan fingerprint density at radius 2 is 1.79 bits per heavy atom. The fourth-order valence-corrected chi connectivity index (χ4v) is 2.17. The van der Waals surface area contributed by atoms with Crippen LogP contribution in [0.1, 0.15) is 53.4 Å². The van der Waals surface area contributed by atoms with Gasteiger partial charge in [0.25, 0.3) is 0 Å². The average Bonchev–Trinajstić information content (AvgIpc) is 2.01. The summed E-state index contributed by atoms with van der Waals surface area (Å²) in [4.78, 5) is 11.9. The van der Waals surface area contributed by atoms with Gasteiger partial charge in [-0.25, -0.2) is 0 Å². The number of nitrogens with one attached hydrogen (secondary N) is 1. The Morgan fingerprint density at radius 3 is 2.29 bits per heavy atom. The highest BCUT2D eigenvalue weighted by atomic mass is 16.2. The molecule has 0 saturated heterocycles. The van der Waals surface area contributed by atoms with Crippen molar-refractivity contribution < 1.29 is 4.79 Å². The zero-order valence-electron chi connectivity index (χ0n) is 9.89. The molecule has 0 aromatic carbocycles. The fraction of sp³-hybridized carbons (Fsp3) is 0.917. The third kappa shape index (κ3) is 3.32. The van der Waals surface area contributed by atoms with E-state index in [1.807, 2.05) is 20.8 Å². The number of rotatable bonds is 1. The van der Waals surface area contributed by atoms with Gasteiger partial charge in [0.15, 0.2) is 0 Å². The van der Waals surface area contributed by atoms with Gasteiger partial charge >= 0.3 is 0 Å². The molecule has 2 unspecified atom stereocenters. The van der Waals surface area contributed by atoms with Gasteiger partial charge in [0.05, 0.1) is 0 Å². The van der Waals surface area contributed by atoms with Crippen LogP contribution in [0.4, 0.5) is 0 Å². The predicted octanol–water partition coefficient (Wildman–Crippen LogP) is 2.73. The summed E-state index contributed by atoms with van der Waals surface area (Å²) in [6.45, 7) is 8.32. The molecule has 1 fully saturated rings. The molecule has 14 heavy (non-hydrogen) atoms. The van der Waals surface area contributed by atoms with Gasteiger partial charge in [-0.15, -0.1) is 0 Å². The van der Waals surface area contributed by atoms with Crippen molar-refractivity contribution >= 4 is 5.91 Å². The first-order valence-corrected chi connectivity index (χ1v) is 5.72. The van der Waals surface area contributed by atoms with Gasteiger partial charge in [0.1, 0.15) is 0 Å². The van der Waals surface area contributed by atoms with E-state index >= 15 is 0 Å². The summed E-state index contributed by atoms with van der Waals surface area (Å²) in [5.41, 5.74) is -0.0890. The molecule has 2 heteroatoms. The maximum Gasteiger partial charge on any atom is 0.223 e. The van der Waals surface area contributed by atoms with Gasteiger partial charge in [0.2, 0.25) is 5.91 Å². The molecule has 0 aromatic rings. The maximum absolute atomic E-state index is 11.9. The van der Waals surface area contributed by atoms with Crippen LogP contribution in [-0.2, 0) is 4.79 Å². The lowest BCUT2D eigenvalue weighted by Crippen LogP contribution is -2.45. The lowest BCUT2D eigenvalue weighted by Gasteiger charge is -2.31. The maximum atomic E-state index is 11.9. The molecule has 1 saturated carbocycles. The van der Waals surface area contributed by atoms with Crippen LogP contribution in [0.5, 0.6) is 0 Å². The monoisotopic (exact) mass is 197 g/mol. The Bertz CT molecular complexity index is 205. The normalized spacial score (nSPS) is 28.6. The zero-order valence-corrected chi connectivity index (χ0v) is 9.89. The van der Waals surface area contributed by atoms with Crippen molar-refractivity contribution in [3.05, 3.63) is 0 Å². The second kappa shape index (κ2) is 4.33. The van der Waals surface area contributed by atoms with Gasteiger partial charge in [-0.05, 0) is 39.5 Å². The minimum absolute atomic E-state index is 0.0890. The van der Waals surface area contributed by atoms with Crippen molar-refractivity contribution in [3.8, 4) is 0 Å². The molecular weight excluding hydrogens is 174 g/mol. The van der Waals surface area contributed by atoms with Crippen molar-refractivity contribution in [2.45, 2.75) is 58.9 Å². The van der Waals surface area contributed by atoms with Crippen LogP contribution in [0.2, 0.25) is 0 Å². The lowest BCUT2D eigenvalue weighted by atomic mass is 9.79. The van der Waals surface area contributed by atoms with E-state index in [-0.39, 0.29) is 17.4 Å². The van der Waals surface area contributed by atoms with Crippen molar-refractivity contribution in [2.75, 3.05) is 0 Å². The summed E-state index contributed by atoms with van der Waals surface area (Å²) in [7, 11) is 0. The fourth-order valence-electron chi connectivity index (χ4n) is 2.17. The van der Waals surface area contributed by atoms with E-state index < -0.39 is 0 Å². The van der Waals surface area contributed by atoms with Gasteiger partial charge in [-0.3, -0.25) is 4.79 Å². The van der Waals surface area contributed by atoms with E-state index in [0.29, 0.717) is 5.92 Å². The number of amides is 1. The molecule has 0 radical (unpaired) electrons. The minimum atomic E-state index is -0.0890. The van der Waals surface area contributed by atoms with E-state index in [2.05, 4.69) is 12.2 Å². The summed E-state index contributed by atoms with van der Waals surface area (Å²) in [6, 6.07) is 0. The molecule has 1 aliphatic rings. The van der Waals surface area contributed by atoms with Crippen molar-refractivity contribution in [2.24, 2.45) is 11.8 Å². The highest BCUT2D eigenvalue weighted by Gasteiger charge is 2.29. The molecule has 0 heterocycles. The van der Waals surface area contributed by atoms with Crippen molar-refractivity contribution in [1.29, 1.82) is 0 Å². The number of carbonyl (C=O) groups is 1. The summed E-state index contributed by atoms with van der Waals surface area (Å²) in [5, 5.41) is 3.08. The highest BCUT2D eigenvalue weighted by Crippen LogP contribution is 2.29. The van der Waals surface area contributed by atoms with Crippen LogP contribution in [-0.4, -0.2) is 11.4 Å². The molecule has 0 bridgehead atoms. The van der Waals surface area contributed by atoms with Crippen LogP contribution in [0.25, 0.3) is 0 Å². The number of hydrogen-bond donors (Lipinski definition) is 1. The standard InChI is InChI=1S/C12H23NO/c1-9-7-5-6-8-10(9)11(14)13-12(2,3)4/h9-10H,5-8H2,1-4H3,(H,13,14). The quantitative estimate of drug-likeness (QED) is 0.688. The molecule has 0 aromatic heterocycles. The Labute approximate surface area is 87.5 Å². The van der Waals surface area contributed by atoms with Gasteiger partial charge in [0, 0.05) is 11.5 Å². The summed E-state index contributed by atoms with van der Waals surface area (Å²) in [5.74, 6) is 1.07. The van der Waals surface area contributed by atoms with E-state index in [1.165, 1.54) is 19.3 Å². The van der Waals surface area contributed by atoms with Crippen LogP contribution in [0.15, 0.2) is 0 Å². The minimum Gasteiger partial charge on any atom is -0.351 e. The van der Waals surface area contributed by atoms with Crippen LogP contribution < -0.4 is 5.32 Å². The third-order valence-corrected chi connectivity index (χ3v) is 2.95. The Balaban J connectivity index is 2.50. The summed E-state index contributed by atoms with van der Waals surface area (Å²) < 4.78 is 0. The largest absolute Gasteiger partial charge is 0.351 e. The Kier molecular flexibility index (Phi) is 3.57. The SMILES string of the molecule is CC1CCCCC1C(=O)NC(C)(C)C. The molecule has 2 atom stereocenters. The molecule has 0 aliphatic heterocycles. The predicted molar refractivity (Wildman–Crippen MR) is 59.0 cm³/mol. The van der Waals surface area contributed by atoms with E-state index in [1.54, 1.807) is 0 Å². The van der Waals surface area contributed by atoms with Crippen LogP contribution in [0.3, 0.4) is 0 Å². The molecule has 1 rings (SSSR count). The molecule has 0 spiro atoms. The van der Waals surface area contributed by atoms with Crippen molar-refractivity contribution in [1.82, 2.24) is 5.32 Å². The number of carbonyl (C=O) groups excluding carboxylic acids is 1. The first-order chi connectivity index (χ1) is 6.40. The molecular formula is C12H23NO. The smallest absolute Gasteiger partial charge is 0.223 e. The van der Waals surface area contributed by atoms with Crippen LogP contribution in [0, 0.1) is 11.8 Å². The van der Waals surface area contributed by atoms with Gasteiger partial charge < -0.3 is 5.32 Å². The highest BCUT2D eigenvalue weighted by molar-refractivity contribution is 5.79. The molecule has 2 nitrogen and oxygen atoms in total. The third-order valence-electron chi connectivity index (χ3n) is 2.95. The molecule has 1 amide bonds. The molecule has 82 valence electrons. The van der Waals surface area contributed by atoms with Crippen LogP contribution >= 0.6 is 0 Å². The first-order valence-electron chi connectivity index (χ1n) is 5.72. The lowest BCUT2D eigenvalue weighted by molar-refractivity contribution is -0.129. The molecule has 1 aliphatic carbocycles. The van der Waals surface area contributed by atoms with Crippen molar-refractivity contribution in [3.63, 3.8) is 0 Å². The van der Waals surface area contributed by atoms with E-state index in [4.69, 9.17) is 0 Å². The van der Waals surface area contributed by atoms with E-state index in [9.17, 15) is 4.79 Å². The number of hydrogen-bond acceptors (Lipinski definition) is 1. The van der Waals surface area contributed by atoms with E-state index in [0.717, 1.165) is 6.42 Å².